The van der Waals surface area contributed by atoms with Crippen LogP contribution in [0.1, 0.15) is 28.1 Å². The largest absolute Gasteiger partial charge is 0.338 e. The van der Waals surface area contributed by atoms with Crippen molar-refractivity contribution in [3.8, 4) is 0 Å². The molecule has 0 unspecified atom stereocenters. The van der Waals surface area contributed by atoms with Crippen molar-refractivity contribution in [2.75, 3.05) is 18.4 Å². The van der Waals surface area contributed by atoms with E-state index in [4.69, 9.17) is 0 Å². The van der Waals surface area contributed by atoms with Gasteiger partial charge < -0.3 is 10.2 Å². The monoisotopic (exact) mass is 352 g/mol. The summed E-state index contributed by atoms with van der Waals surface area (Å²) in [6.07, 6.45) is 5.24. The second-order valence-electron chi connectivity index (χ2n) is 5.88. The second-order valence-corrected chi connectivity index (χ2v) is 6.86. The summed E-state index contributed by atoms with van der Waals surface area (Å²) in [4.78, 5) is 27.2. The third-order valence-corrected chi connectivity index (χ3v) is 4.96. The molecule has 0 saturated carbocycles. The number of carbonyl (C=O) groups excluding carboxylic acids is 2. The SMILES string of the molecule is C=CC(=O)Nc1cccc(C(=O)N2CCC(=Cc3cccs3)CC2)c1. The Morgan fingerprint density at radius 1 is 1.16 bits per heavy atom. The van der Waals surface area contributed by atoms with Crippen molar-refractivity contribution in [1.29, 1.82) is 0 Å². The molecule has 1 fully saturated rings. The van der Waals surface area contributed by atoms with E-state index in [1.54, 1.807) is 35.6 Å². The van der Waals surface area contributed by atoms with Gasteiger partial charge in [-0.05, 0) is 54.6 Å². The smallest absolute Gasteiger partial charge is 0.253 e. The molecule has 25 heavy (non-hydrogen) atoms. The molecule has 5 heteroatoms. The number of nitrogens with one attached hydrogen (secondary N) is 1. The number of carbonyl (C=O) groups is 2. The summed E-state index contributed by atoms with van der Waals surface area (Å²) in [5.74, 6) is -0.282. The zero-order valence-corrected chi connectivity index (χ0v) is 14.7. The van der Waals surface area contributed by atoms with Crippen molar-refractivity contribution < 1.29 is 9.59 Å². The van der Waals surface area contributed by atoms with Crippen molar-refractivity contribution in [3.63, 3.8) is 0 Å². The van der Waals surface area contributed by atoms with E-state index in [2.05, 4.69) is 29.4 Å². The fourth-order valence-corrected chi connectivity index (χ4v) is 3.53. The Bertz CT molecular complexity index is 799. The number of nitrogens with zero attached hydrogens (tertiary/aromatic N) is 1. The zero-order valence-electron chi connectivity index (χ0n) is 13.9. The third kappa shape index (κ3) is 4.45. The molecule has 0 bridgehead atoms. The van der Waals surface area contributed by atoms with Crippen LogP contribution < -0.4 is 5.32 Å². The Kier molecular flexibility index (Phi) is 5.46. The first-order valence-corrected chi connectivity index (χ1v) is 9.09. The van der Waals surface area contributed by atoms with Gasteiger partial charge in [0.2, 0.25) is 5.91 Å². The molecule has 1 saturated heterocycles. The standard InChI is InChI=1S/C20H20N2O2S/c1-2-19(23)21-17-6-3-5-16(14-17)20(24)22-10-8-15(9-11-22)13-18-7-4-12-25-18/h2-7,12-14H,1,8-11H2,(H,21,23). The summed E-state index contributed by atoms with van der Waals surface area (Å²) in [5, 5.41) is 4.76. The van der Waals surface area contributed by atoms with Crippen LogP contribution in [0.25, 0.3) is 6.08 Å². The highest BCUT2D eigenvalue weighted by Gasteiger charge is 2.20. The van der Waals surface area contributed by atoms with E-state index in [-0.39, 0.29) is 11.8 Å². The number of piperidine rings is 1. The Balaban J connectivity index is 1.63. The average Bonchev–Trinajstić information content (AvgIpc) is 3.15. The lowest BCUT2D eigenvalue weighted by molar-refractivity contribution is -0.111. The van der Waals surface area contributed by atoms with Crippen LogP contribution in [-0.4, -0.2) is 29.8 Å². The normalized spacial score (nSPS) is 14.1. The number of hydrogen-bond acceptors (Lipinski definition) is 3. The zero-order chi connectivity index (χ0) is 17.6. The lowest BCUT2D eigenvalue weighted by atomic mass is 10.0. The molecule has 4 nitrogen and oxygen atoms in total. The van der Waals surface area contributed by atoms with E-state index in [0.29, 0.717) is 11.3 Å². The van der Waals surface area contributed by atoms with Crippen molar-refractivity contribution in [2.45, 2.75) is 12.8 Å². The summed E-state index contributed by atoms with van der Waals surface area (Å²) >= 11 is 1.73. The van der Waals surface area contributed by atoms with Gasteiger partial charge in [0.15, 0.2) is 0 Å². The highest BCUT2D eigenvalue weighted by atomic mass is 32.1. The minimum absolute atomic E-state index is 0.00451. The van der Waals surface area contributed by atoms with Gasteiger partial charge in [-0.25, -0.2) is 0 Å². The molecule has 1 N–H and O–H groups in total. The van der Waals surface area contributed by atoms with Crippen LogP contribution >= 0.6 is 11.3 Å². The van der Waals surface area contributed by atoms with Crippen molar-refractivity contribution in [2.24, 2.45) is 0 Å². The van der Waals surface area contributed by atoms with E-state index < -0.39 is 0 Å². The number of benzene rings is 1. The third-order valence-electron chi connectivity index (χ3n) is 4.14. The van der Waals surface area contributed by atoms with Gasteiger partial charge in [-0.3, -0.25) is 9.59 Å². The molecule has 128 valence electrons. The quantitative estimate of drug-likeness (QED) is 0.839. The van der Waals surface area contributed by atoms with Crippen LogP contribution in [0.5, 0.6) is 0 Å². The first kappa shape index (κ1) is 17.2. The molecule has 1 aromatic carbocycles. The van der Waals surface area contributed by atoms with Gasteiger partial charge in [0.25, 0.3) is 5.91 Å². The van der Waals surface area contributed by atoms with Crippen LogP contribution in [0.3, 0.4) is 0 Å². The van der Waals surface area contributed by atoms with Gasteiger partial charge in [0, 0.05) is 29.2 Å². The molecule has 0 spiro atoms. The summed E-state index contributed by atoms with van der Waals surface area (Å²) < 4.78 is 0. The second kappa shape index (κ2) is 7.94. The summed E-state index contributed by atoms with van der Waals surface area (Å²) in [7, 11) is 0. The molecule has 1 aromatic heterocycles. The topological polar surface area (TPSA) is 49.4 Å². The summed E-state index contributed by atoms with van der Waals surface area (Å²) in [6, 6.07) is 11.2. The first-order chi connectivity index (χ1) is 12.2. The summed E-state index contributed by atoms with van der Waals surface area (Å²) in [5.41, 5.74) is 2.58. The van der Waals surface area contributed by atoms with E-state index >= 15 is 0 Å². The molecule has 2 amide bonds. The number of likely N-dealkylation sites (tertiary alicyclic amines) is 1. The molecular weight excluding hydrogens is 332 g/mol. The maximum Gasteiger partial charge on any atom is 0.253 e. The molecule has 0 aliphatic carbocycles. The molecule has 0 atom stereocenters. The van der Waals surface area contributed by atoms with Crippen LogP contribution in [0.2, 0.25) is 0 Å². The Morgan fingerprint density at radius 2 is 1.96 bits per heavy atom. The highest BCUT2D eigenvalue weighted by Crippen LogP contribution is 2.23. The van der Waals surface area contributed by atoms with Crippen LogP contribution in [0, 0.1) is 0 Å². The lowest BCUT2D eigenvalue weighted by Gasteiger charge is -2.28. The van der Waals surface area contributed by atoms with Crippen LogP contribution in [-0.2, 0) is 4.79 Å². The highest BCUT2D eigenvalue weighted by molar-refractivity contribution is 7.10. The van der Waals surface area contributed by atoms with Crippen LogP contribution in [0.15, 0.2) is 60.0 Å². The number of hydrogen-bond donors (Lipinski definition) is 1. The molecular formula is C20H20N2O2S. The summed E-state index contributed by atoms with van der Waals surface area (Å²) in [6.45, 7) is 4.87. The Morgan fingerprint density at radius 3 is 2.64 bits per heavy atom. The molecule has 1 aliphatic rings. The van der Waals surface area contributed by atoms with Crippen LogP contribution in [0.4, 0.5) is 5.69 Å². The fourth-order valence-electron chi connectivity index (χ4n) is 2.82. The number of amides is 2. The fraction of sp³-hybridized carbons (Fsp3) is 0.200. The van der Waals surface area contributed by atoms with Gasteiger partial charge >= 0.3 is 0 Å². The predicted molar refractivity (Wildman–Crippen MR) is 103 cm³/mol. The first-order valence-electron chi connectivity index (χ1n) is 8.21. The number of anilines is 1. The van der Waals surface area contributed by atoms with E-state index in [0.717, 1.165) is 25.9 Å². The maximum atomic E-state index is 12.7. The maximum absolute atomic E-state index is 12.7. The average molecular weight is 352 g/mol. The van der Waals surface area contributed by atoms with Gasteiger partial charge in [0.05, 0.1) is 0 Å². The predicted octanol–water partition coefficient (Wildman–Crippen LogP) is 4.19. The van der Waals surface area contributed by atoms with Gasteiger partial charge in [-0.2, -0.15) is 0 Å². The van der Waals surface area contributed by atoms with E-state index in [9.17, 15) is 9.59 Å². The van der Waals surface area contributed by atoms with E-state index in [1.165, 1.54) is 16.5 Å². The minimum atomic E-state index is -0.286. The lowest BCUT2D eigenvalue weighted by Crippen LogP contribution is -2.36. The van der Waals surface area contributed by atoms with Crippen molar-refractivity contribution >= 4 is 34.9 Å². The van der Waals surface area contributed by atoms with E-state index in [1.807, 2.05) is 11.0 Å². The van der Waals surface area contributed by atoms with Gasteiger partial charge in [-0.15, -0.1) is 11.3 Å². The molecule has 1 aliphatic heterocycles. The van der Waals surface area contributed by atoms with Crippen molar-refractivity contribution in [3.05, 3.63) is 70.4 Å². The van der Waals surface area contributed by atoms with Gasteiger partial charge in [-0.1, -0.05) is 24.3 Å². The molecule has 0 radical (unpaired) electrons. The molecule has 2 heterocycles. The number of thiophene rings is 1. The molecule has 3 rings (SSSR count). The number of rotatable bonds is 4. The molecule has 2 aromatic rings. The van der Waals surface area contributed by atoms with Crippen molar-refractivity contribution in [1.82, 2.24) is 4.90 Å². The Hall–Kier alpha value is -2.66. The minimum Gasteiger partial charge on any atom is -0.338 e. The Labute approximate surface area is 151 Å². The van der Waals surface area contributed by atoms with Gasteiger partial charge in [0.1, 0.15) is 0 Å².